The van der Waals surface area contributed by atoms with E-state index in [1.54, 1.807) is 0 Å². The van der Waals surface area contributed by atoms with Crippen molar-refractivity contribution in [3.8, 4) is 0 Å². The Balaban J connectivity index is 0.000000640. The molecule has 0 aliphatic heterocycles. The summed E-state index contributed by atoms with van der Waals surface area (Å²) in [6.45, 7) is 4.14. The highest BCUT2D eigenvalue weighted by Gasteiger charge is 1.97. The van der Waals surface area contributed by atoms with E-state index in [9.17, 15) is 0 Å². The Hall–Kier alpha value is -0.860. The molecule has 0 aromatic carbocycles. The van der Waals surface area contributed by atoms with Crippen LogP contribution in [0.15, 0.2) is 6.33 Å². The topological polar surface area (TPSA) is 41.6 Å². The van der Waals surface area contributed by atoms with Gasteiger partial charge in [0.25, 0.3) is 0 Å². The van der Waals surface area contributed by atoms with Crippen molar-refractivity contribution in [2.24, 2.45) is 0 Å². The fourth-order valence-corrected chi connectivity index (χ4v) is 0.493. The number of hydrogen-bond donors (Lipinski definition) is 1. The largest absolute Gasteiger partial charge is 0.263 e. The van der Waals surface area contributed by atoms with E-state index in [1.807, 2.05) is 0 Å². The molecule has 0 radical (unpaired) electrons. The van der Waals surface area contributed by atoms with Crippen molar-refractivity contribution in [3.63, 3.8) is 0 Å². The van der Waals surface area contributed by atoms with Crippen LogP contribution in [0.25, 0.3) is 0 Å². The molecule has 3 heteroatoms. The van der Waals surface area contributed by atoms with Crippen molar-refractivity contribution in [2.45, 2.75) is 27.2 Å². The summed E-state index contributed by atoms with van der Waals surface area (Å²) in [4.78, 5) is 3.95. The van der Waals surface area contributed by atoms with Crippen LogP contribution in [0.4, 0.5) is 0 Å². The Morgan fingerprint density at radius 1 is 1.56 bits per heavy atom. The van der Waals surface area contributed by atoms with Crippen molar-refractivity contribution in [1.29, 1.82) is 0 Å². The Bertz CT molecular complexity index is 143. The van der Waals surface area contributed by atoms with Crippen LogP contribution in [0.5, 0.6) is 0 Å². The molecule has 0 spiro atoms. The molecule has 0 unspecified atom stereocenters. The minimum absolute atomic E-state index is 0. The van der Waals surface area contributed by atoms with Gasteiger partial charge in [0, 0.05) is 5.92 Å². The molecule has 52 valence electrons. The highest BCUT2D eigenvalue weighted by molar-refractivity contribution is 4.86. The lowest BCUT2D eigenvalue weighted by Crippen LogP contribution is -1.88. The second kappa shape index (κ2) is 3.22. The highest BCUT2D eigenvalue weighted by Crippen LogP contribution is 2.04. The van der Waals surface area contributed by atoms with Gasteiger partial charge in [0.1, 0.15) is 12.2 Å². The third-order valence-electron chi connectivity index (χ3n) is 0.981. The Labute approximate surface area is 55.5 Å². The predicted octanol–water partition coefficient (Wildman–Crippen LogP) is 1.56. The van der Waals surface area contributed by atoms with E-state index in [0.29, 0.717) is 5.92 Å². The molecule has 0 amide bonds. The summed E-state index contributed by atoms with van der Waals surface area (Å²) in [5, 5.41) is 6.48. The van der Waals surface area contributed by atoms with Crippen LogP contribution >= 0.6 is 0 Å². The molecule has 0 atom stereocenters. The normalized spacial score (nSPS) is 9.22. The SMILES string of the molecule is C.CC(C)c1ncn[nH]1. The smallest absolute Gasteiger partial charge is 0.137 e. The van der Waals surface area contributed by atoms with Crippen LogP contribution in [0.3, 0.4) is 0 Å². The fraction of sp³-hybridized carbons (Fsp3) is 0.667. The van der Waals surface area contributed by atoms with Crippen LogP contribution in [0.2, 0.25) is 0 Å². The molecular weight excluding hydrogens is 114 g/mol. The van der Waals surface area contributed by atoms with Gasteiger partial charge in [-0.2, -0.15) is 5.10 Å². The predicted molar refractivity (Wildman–Crippen MR) is 37.2 cm³/mol. The number of rotatable bonds is 1. The van der Waals surface area contributed by atoms with Crippen molar-refractivity contribution in [1.82, 2.24) is 15.2 Å². The molecule has 1 aromatic rings. The average Bonchev–Trinajstić information content (AvgIpc) is 2.12. The van der Waals surface area contributed by atoms with Crippen molar-refractivity contribution >= 4 is 0 Å². The van der Waals surface area contributed by atoms with E-state index in [4.69, 9.17) is 0 Å². The monoisotopic (exact) mass is 127 g/mol. The van der Waals surface area contributed by atoms with E-state index in [2.05, 4.69) is 29.0 Å². The van der Waals surface area contributed by atoms with Gasteiger partial charge in [0.15, 0.2) is 0 Å². The lowest BCUT2D eigenvalue weighted by molar-refractivity contribution is 0.781. The van der Waals surface area contributed by atoms with Gasteiger partial charge in [-0.25, -0.2) is 4.98 Å². The molecule has 1 rings (SSSR count). The first kappa shape index (κ1) is 8.14. The number of nitrogens with one attached hydrogen (secondary N) is 1. The summed E-state index contributed by atoms with van der Waals surface area (Å²) in [6, 6.07) is 0. The summed E-state index contributed by atoms with van der Waals surface area (Å²) >= 11 is 0. The molecule has 0 fully saturated rings. The molecule has 0 aliphatic rings. The molecule has 1 N–H and O–H groups in total. The molecule has 1 aromatic heterocycles. The minimum Gasteiger partial charge on any atom is -0.263 e. The lowest BCUT2D eigenvalue weighted by atomic mass is 10.2. The van der Waals surface area contributed by atoms with Gasteiger partial charge in [-0.1, -0.05) is 21.3 Å². The summed E-state index contributed by atoms with van der Waals surface area (Å²) in [5.41, 5.74) is 0. The molecule has 0 saturated carbocycles. The second-order valence-electron chi connectivity index (χ2n) is 2.03. The molecule has 0 aliphatic carbocycles. The maximum absolute atomic E-state index is 3.95. The van der Waals surface area contributed by atoms with Gasteiger partial charge in [-0.15, -0.1) is 0 Å². The van der Waals surface area contributed by atoms with Crippen LogP contribution in [0.1, 0.15) is 33.0 Å². The molecule has 0 saturated heterocycles. The van der Waals surface area contributed by atoms with E-state index in [1.165, 1.54) is 6.33 Å². The van der Waals surface area contributed by atoms with Gasteiger partial charge in [-0.05, 0) is 0 Å². The van der Waals surface area contributed by atoms with Crippen molar-refractivity contribution in [3.05, 3.63) is 12.2 Å². The van der Waals surface area contributed by atoms with E-state index < -0.39 is 0 Å². The second-order valence-corrected chi connectivity index (χ2v) is 2.03. The number of hydrogen-bond acceptors (Lipinski definition) is 2. The summed E-state index contributed by atoms with van der Waals surface area (Å²) in [6.07, 6.45) is 1.52. The number of nitrogens with zero attached hydrogens (tertiary/aromatic N) is 2. The van der Waals surface area contributed by atoms with Crippen molar-refractivity contribution in [2.75, 3.05) is 0 Å². The van der Waals surface area contributed by atoms with Crippen LogP contribution in [-0.2, 0) is 0 Å². The number of H-pyrrole nitrogens is 1. The van der Waals surface area contributed by atoms with Crippen LogP contribution in [0, 0.1) is 0 Å². The molecule has 9 heavy (non-hydrogen) atoms. The minimum atomic E-state index is 0. The fourth-order valence-electron chi connectivity index (χ4n) is 0.493. The maximum Gasteiger partial charge on any atom is 0.137 e. The molecular formula is C6H13N3. The average molecular weight is 127 g/mol. The molecule has 1 heterocycles. The van der Waals surface area contributed by atoms with E-state index in [-0.39, 0.29) is 7.43 Å². The molecule has 0 bridgehead atoms. The first-order chi connectivity index (χ1) is 3.80. The Kier molecular flexibility index (Phi) is 2.91. The Morgan fingerprint density at radius 2 is 2.22 bits per heavy atom. The summed E-state index contributed by atoms with van der Waals surface area (Å²) < 4.78 is 0. The lowest BCUT2D eigenvalue weighted by Gasteiger charge is -1.93. The first-order valence-electron chi connectivity index (χ1n) is 2.66. The van der Waals surface area contributed by atoms with E-state index >= 15 is 0 Å². The van der Waals surface area contributed by atoms with Crippen LogP contribution < -0.4 is 0 Å². The van der Waals surface area contributed by atoms with Gasteiger partial charge < -0.3 is 0 Å². The maximum atomic E-state index is 3.95. The standard InChI is InChI=1S/C5H9N3.CH4/c1-4(2)5-6-3-7-8-5;/h3-4H,1-2H3,(H,6,7,8);1H4. The van der Waals surface area contributed by atoms with Gasteiger partial charge in [0.2, 0.25) is 0 Å². The third-order valence-corrected chi connectivity index (χ3v) is 0.981. The van der Waals surface area contributed by atoms with Gasteiger partial charge in [0.05, 0.1) is 0 Å². The molecule has 3 nitrogen and oxygen atoms in total. The Morgan fingerprint density at radius 3 is 2.44 bits per heavy atom. The third kappa shape index (κ3) is 1.83. The summed E-state index contributed by atoms with van der Waals surface area (Å²) in [5.74, 6) is 1.41. The van der Waals surface area contributed by atoms with Gasteiger partial charge in [-0.3, -0.25) is 5.10 Å². The zero-order valence-corrected chi connectivity index (χ0v) is 5.05. The van der Waals surface area contributed by atoms with Gasteiger partial charge >= 0.3 is 0 Å². The van der Waals surface area contributed by atoms with E-state index in [0.717, 1.165) is 5.82 Å². The van der Waals surface area contributed by atoms with Crippen LogP contribution in [-0.4, -0.2) is 15.2 Å². The number of aromatic nitrogens is 3. The first-order valence-corrected chi connectivity index (χ1v) is 2.66. The van der Waals surface area contributed by atoms with Crippen molar-refractivity contribution < 1.29 is 0 Å². The quantitative estimate of drug-likeness (QED) is 0.622. The summed E-state index contributed by atoms with van der Waals surface area (Å²) in [7, 11) is 0. The number of aromatic amines is 1. The highest BCUT2D eigenvalue weighted by atomic mass is 15.2. The zero-order chi connectivity index (χ0) is 5.98. The zero-order valence-electron chi connectivity index (χ0n) is 5.05.